The van der Waals surface area contributed by atoms with Gasteiger partial charge in [-0.05, 0) is 0 Å². The first-order valence-corrected chi connectivity index (χ1v) is 1.06. The fourth-order valence-electron chi connectivity index (χ4n) is 0.0141. The summed E-state index contributed by atoms with van der Waals surface area (Å²) in [4.78, 5) is 3.40. The molecule has 0 heterocycles. The van der Waals surface area contributed by atoms with Gasteiger partial charge in [-0.15, -0.1) is 5.26 Å². The lowest BCUT2D eigenvalue weighted by molar-refractivity contribution is -0.130. The SMILES string of the molecule is N#COOCl. The van der Waals surface area contributed by atoms with Crippen LogP contribution < -0.4 is 0 Å². The zero-order chi connectivity index (χ0) is 4.12. The van der Waals surface area contributed by atoms with Gasteiger partial charge >= 0.3 is 6.26 Å². The molecule has 0 aromatic carbocycles. The topological polar surface area (TPSA) is 42.2 Å². The Hall–Kier alpha value is -0.460. The van der Waals surface area contributed by atoms with Gasteiger partial charge in [-0.3, -0.25) is 0 Å². The Kier molecular flexibility index (Phi) is 3.21. The van der Waals surface area contributed by atoms with Crippen molar-refractivity contribution in [1.82, 2.24) is 0 Å². The Balaban J connectivity index is 2.48. The molecule has 5 heavy (non-hydrogen) atoms. The van der Waals surface area contributed by atoms with Gasteiger partial charge in [-0.2, -0.15) is 0 Å². The first-order chi connectivity index (χ1) is 2.41. The zero-order valence-electron chi connectivity index (χ0n) is 2.14. The summed E-state index contributed by atoms with van der Waals surface area (Å²) in [6.45, 7) is 0. The van der Waals surface area contributed by atoms with E-state index in [2.05, 4.69) is 21.2 Å². The van der Waals surface area contributed by atoms with Crippen LogP contribution in [0.4, 0.5) is 0 Å². The van der Waals surface area contributed by atoms with Crippen LogP contribution in [-0.4, -0.2) is 0 Å². The van der Waals surface area contributed by atoms with Crippen molar-refractivity contribution in [3.8, 4) is 6.26 Å². The van der Waals surface area contributed by atoms with Gasteiger partial charge < -0.3 is 0 Å². The minimum absolute atomic E-state index is 1.16. The van der Waals surface area contributed by atoms with Crippen LogP contribution in [0.3, 0.4) is 0 Å². The summed E-state index contributed by atoms with van der Waals surface area (Å²) in [5.74, 6) is 0. The van der Waals surface area contributed by atoms with Crippen LogP contribution in [0.5, 0.6) is 0 Å². The lowest BCUT2D eigenvalue weighted by Crippen LogP contribution is -1.64. The second-order valence-corrected chi connectivity index (χ2v) is 0.364. The molecule has 28 valence electrons. The largest absolute Gasteiger partial charge is 0.326 e. The first kappa shape index (κ1) is 4.54. The summed E-state index contributed by atoms with van der Waals surface area (Å²) in [6, 6.07) is 0. The fraction of sp³-hybridized carbons (Fsp3) is 0. The van der Waals surface area contributed by atoms with Crippen molar-refractivity contribution in [2.45, 2.75) is 0 Å². The van der Waals surface area contributed by atoms with E-state index < -0.39 is 0 Å². The maximum atomic E-state index is 7.38. The molecule has 0 saturated carbocycles. The highest BCUT2D eigenvalue weighted by molar-refractivity contribution is 6.06. The van der Waals surface area contributed by atoms with Gasteiger partial charge in [0.15, 0.2) is 0 Å². The average Bonchev–Trinajstić information content (AvgIpc) is 1.41. The van der Waals surface area contributed by atoms with E-state index in [1.807, 2.05) is 0 Å². The Morgan fingerprint density at radius 3 is 2.40 bits per heavy atom. The van der Waals surface area contributed by atoms with Crippen molar-refractivity contribution in [3.05, 3.63) is 0 Å². The van der Waals surface area contributed by atoms with Gasteiger partial charge in [0.25, 0.3) is 0 Å². The molecule has 0 spiro atoms. The second-order valence-electron chi connectivity index (χ2n) is 0.238. The predicted octanol–water partition coefficient (Wildman–Crippen LogP) is 0.569. The number of halogens is 1. The van der Waals surface area contributed by atoms with Gasteiger partial charge in [0.05, 0.1) is 0 Å². The third-order valence-electron chi connectivity index (χ3n) is 0.0688. The van der Waals surface area contributed by atoms with Crippen LogP contribution in [-0.2, 0) is 9.33 Å². The van der Waals surface area contributed by atoms with E-state index in [9.17, 15) is 0 Å². The molecule has 0 bridgehead atoms. The molecule has 0 unspecified atom stereocenters. The van der Waals surface area contributed by atoms with E-state index in [0.717, 1.165) is 6.26 Å². The van der Waals surface area contributed by atoms with E-state index in [-0.39, 0.29) is 0 Å². The smallest absolute Gasteiger partial charge is 0.236 e. The highest BCUT2D eigenvalue weighted by Crippen LogP contribution is 1.74. The fourth-order valence-corrected chi connectivity index (χ4v) is 0.0423. The summed E-state index contributed by atoms with van der Waals surface area (Å²) >= 11 is 4.36. The van der Waals surface area contributed by atoms with Crippen molar-refractivity contribution in [1.29, 1.82) is 5.26 Å². The molecule has 0 saturated heterocycles. The zero-order valence-corrected chi connectivity index (χ0v) is 2.90. The normalized spacial score (nSPS) is 5.60. The van der Waals surface area contributed by atoms with Gasteiger partial charge in [0, 0.05) is 0 Å². The molecule has 0 N–H and O–H groups in total. The molecule has 0 aliphatic heterocycles. The van der Waals surface area contributed by atoms with E-state index in [4.69, 9.17) is 5.26 Å². The predicted molar refractivity (Wildman–Crippen MR) is 13.6 cm³/mol. The van der Waals surface area contributed by atoms with Crippen LogP contribution in [0, 0.1) is 11.5 Å². The van der Waals surface area contributed by atoms with E-state index in [1.165, 1.54) is 0 Å². The van der Waals surface area contributed by atoms with Gasteiger partial charge in [-0.1, -0.05) is 4.44 Å². The molecule has 0 radical (unpaired) electrons. The van der Waals surface area contributed by atoms with Crippen LogP contribution >= 0.6 is 11.9 Å². The molecule has 3 nitrogen and oxygen atoms in total. The van der Waals surface area contributed by atoms with E-state index in [1.54, 1.807) is 0 Å². The molecular weight excluding hydrogens is 93.5 g/mol. The molecule has 0 aliphatic rings. The molecular formula is CClNO2. The van der Waals surface area contributed by atoms with Gasteiger partial charge in [-0.25, -0.2) is 4.89 Å². The Morgan fingerprint density at radius 1 is 1.80 bits per heavy atom. The summed E-state index contributed by atoms with van der Waals surface area (Å²) in [5.41, 5.74) is 0. The number of hydrogen-bond acceptors (Lipinski definition) is 3. The molecule has 4 heteroatoms. The lowest BCUT2D eigenvalue weighted by atomic mass is 11.6. The first-order valence-electron chi connectivity index (χ1n) is 0.749. The second kappa shape index (κ2) is 3.54. The highest BCUT2D eigenvalue weighted by atomic mass is 35.5. The quantitative estimate of drug-likeness (QED) is 0.270. The minimum atomic E-state index is 1.16. The number of nitrogens with zero attached hydrogens (tertiary/aromatic N) is 1. The summed E-state index contributed by atoms with van der Waals surface area (Å²) in [7, 11) is 0. The van der Waals surface area contributed by atoms with E-state index >= 15 is 0 Å². The van der Waals surface area contributed by atoms with Crippen molar-refractivity contribution >= 4 is 11.9 Å². The molecule has 0 aromatic rings. The number of nitriles is 1. The van der Waals surface area contributed by atoms with Crippen LogP contribution in [0.25, 0.3) is 0 Å². The monoisotopic (exact) mass is 93.0 g/mol. The summed E-state index contributed by atoms with van der Waals surface area (Å²) in [5, 5.41) is 7.38. The van der Waals surface area contributed by atoms with Crippen LogP contribution in [0.1, 0.15) is 0 Å². The molecule has 0 aromatic heterocycles. The number of rotatable bonds is 1. The minimum Gasteiger partial charge on any atom is -0.236 e. The van der Waals surface area contributed by atoms with Crippen molar-refractivity contribution < 1.29 is 9.33 Å². The van der Waals surface area contributed by atoms with Crippen molar-refractivity contribution in [2.75, 3.05) is 0 Å². The number of hydrogen-bond donors (Lipinski definition) is 0. The van der Waals surface area contributed by atoms with Crippen LogP contribution in [0.2, 0.25) is 0 Å². The molecule has 0 fully saturated rings. The summed E-state index contributed by atoms with van der Waals surface area (Å²) in [6.07, 6.45) is 1.16. The van der Waals surface area contributed by atoms with Crippen molar-refractivity contribution in [3.63, 3.8) is 0 Å². The van der Waals surface area contributed by atoms with Gasteiger partial charge in [0.1, 0.15) is 11.9 Å². The highest BCUT2D eigenvalue weighted by Gasteiger charge is 1.63. The molecule has 0 amide bonds. The molecule has 0 aliphatic carbocycles. The van der Waals surface area contributed by atoms with E-state index in [0.29, 0.717) is 0 Å². The Bertz CT molecular complexity index is 48.1. The van der Waals surface area contributed by atoms with Crippen LogP contribution in [0.15, 0.2) is 0 Å². The average molecular weight is 93.5 g/mol. The van der Waals surface area contributed by atoms with Crippen molar-refractivity contribution in [2.24, 2.45) is 0 Å². The molecule has 0 atom stereocenters. The third kappa shape index (κ3) is 3.54. The maximum Gasteiger partial charge on any atom is 0.326 e. The molecule has 0 rings (SSSR count). The summed E-state index contributed by atoms with van der Waals surface area (Å²) < 4.78 is 3.30. The Labute approximate surface area is 33.8 Å². The standard InChI is InChI=1S/CClNO2/c2-5-4-1-3. The Morgan fingerprint density at radius 2 is 2.40 bits per heavy atom. The lowest BCUT2D eigenvalue weighted by Gasteiger charge is -1.70. The van der Waals surface area contributed by atoms with Gasteiger partial charge in [0.2, 0.25) is 0 Å². The maximum absolute atomic E-state index is 7.38. The third-order valence-corrected chi connectivity index (χ3v) is 0.132.